The maximum Gasteiger partial charge on any atom is 0.335 e. The molecule has 1 heterocycles. The number of benzene rings is 1. The molecule has 0 spiro atoms. The van der Waals surface area contributed by atoms with Crippen LogP contribution in [0.5, 0.6) is 0 Å². The summed E-state index contributed by atoms with van der Waals surface area (Å²) in [7, 11) is 0. The van der Waals surface area contributed by atoms with Gasteiger partial charge in [-0.1, -0.05) is 41.7 Å². The lowest BCUT2D eigenvalue weighted by atomic mass is 10.2. The molecular formula is C14H11Cl3N2O2. The third kappa shape index (κ3) is 3.79. The van der Waals surface area contributed by atoms with Crippen LogP contribution in [0.25, 0.3) is 0 Å². The van der Waals surface area contributed by atoms with Gasteiger partial charge in [-0.05, 0) is 30.7 Å². The van der Waals surface area contributed by atoms with E-state index in [0.717, 1.165) is 0 Å². The van der Waals surface area contributed by atoms with Gasteiger partial charge >= 0.3 is 5.97 Å². The van der Waals surface area contributed by atoms with Crippen LogP contribution in [-0.4, -0.2) is 16.1 Å². The fourth-order valence-electron chi connectivity index (χ4n) is 1.71. The number of halogens is 3. The van der Waals surface area contributed by atoms with Gasteiger partial charge in [0, 0.05) is 5.69 Å². The minimum atomic E-state index is -1.02. The lowest BCUT2D eigenvalue weighted by Gasteiger charge is -2.11. The van der Waals surface area contributed by atoms with Crippen molar-refractivity contribution in [3.8, 4) is 0 Å². The van der Waals surface area contributed by atoms with E-state index < -0.39 is 5.97 Å². The Morgan fingerprint density at radius 1 is 1.14 bits per heavy atom. The first-order valence-electron chi connectivity index (χ1n) is 6.06. The monoisotopic (exact) mass is 344 g/mol. The number of aromatic carboxylic acids is 1. The summed E-state index contributed by atoms with van der Waals surface area (Å²) < 4.78 is 0. The summed E-state index contributed by atoms with van der Waals surface area (Å²) >= 11 is 17.9. The van der Waals surface area contributed by atoms with E-state index in [1.54, 1.807) is 6.07 Å². The van der Waals surface area contributed by atoms with Gasteiger partial charge in [0.15, 0.2) is 0 Å². The van der Waals surface area contributed by atoms with Crippen molar-refractivity contribution in [3.05, 3.63) is 50.6 Å². The van der Waals surface area contributed by atoms with Crippen molar-refractivity contribution >= 4 is 52.3 Å². The molecule has 0 bridgehead atoms. The van der Waals surface area contributed by atoms with Crippen molar-refractivity contribution in [2.75, 3.05) is 5.32 Å². The first kappa shape index (κ1) is 15.9. The van der Waals surface area contributed by atoms with Crippen molar-refractivity contribution in [2.24, 2.45) is 0 Å². The topological polar surface area (TPSA) is 62.2 Å². The second-order valence-corrected chi connectivity index (χ2v) is 5.48. The molecule has 0 saturated carbocycles. The van der Waals surface area contributed by atoms with Gasteiger partial charge in [-0.25, -0.2) is 9.78 Å². The standard InChI is InChI=1S/C14H11Cl3N2O2/c1-2-8-3-7(14(20)21)4-13(18-8)19-12-6-10(16)9(15)5-11(12)17/h3-6H,2H2,1H3,(H,18,19)(H,20,21). The molecule has 0 unspecified atom stereocenters. The van der Waals surface area contributed by atoms with Crippen LogP contribution in [-0.2, 0) is 6.42 Å². The SMILES string of the molecule is CCc1cc(C(=O)O)cc(Nc2cc(Cl)c(Cl)cc2Cl)n1. The van der Waals surface area contributed by atoms with E-state index in [1.165, 1.54) is 18.2 Å². The maximum atomic E-state index is 11.1. The number of anilines is 2. The molecule has 0 amide bonds. The number of carboxylic acid groups (broad SMARTS) is 1. The number of aromatic nitrogens is 1. The normalized spacial score (nSPS) is 10.5. The van der Waals surface area contributed by atoms with Crippen molar-refractivity contribution in [3.63, 3.8) is 0 Å². The number of hydrogen-bond donors (Lipinski definition) is 2. The van der Waals surface area contributed by atoms with Crippen LogP contribution in [0.3, 0.4) is 0 Å². The second-order valence-electron chi connectivity index (χ2n) is 4.26. The fourth-order valence-corrected chi connectivity index (χ4v) is 2.31. The molecule has 0 radical (unpaired) electrons. The molecule has 1 aromatic heterocycles. The van der Waals surface area contributed by atoms with Crippen LogP contribution in [0.1, 0.15) is 23.0 Å². The molecule has 0 atom stereocenters. The smallest absolute Gasteiger partial charge is 0.335 e. The fraction of sp³-hybridized carbons (Fsp3) is 0.143. The minimum Gasteiger partial charge on any atom is -0.478 e. The zero-order chi connectivity index (χ0) is 15.6. The van der Waals surface area contributed by atoms with E-state index in [0.29, 0.717) is 38.7 Å². The van der Waals surface area contributed by atoms with Crippen molar-refractivity contribution in [2.45, 2.75) is 13.3 Å². The van der Waals surface area contributed by atoms with Crippen LogP contribution in [0, 0.1) is 0 Å². The number of carboxylic acids is 1. The molecule has 1 aromatic carbocycles. The summed E-state index contributed by atoms with van der Waals surface area (Å²) in [6, 6.07) is 6.03. The van der Waals surface area contributed by atoms with E-state index in [2.05, 4.69) is 10.3 Å². The summed E-state index contributed by atoms with van der Waals surface area (Å²) in [6.07, 6.45) is 0.616. The Bertz CT molecular complexity index is 705. The van der Waals surface area contributed by atoms with Crippen LogP contribution in [0.4, 0.5) is 11.5 Å². The molecule has 2 N–H and O–H groups in total. The van der Waals surface area contributed by atoms with Gasteiger partial charge in [0.2, 0.25) is 0 Å². The molecule has 0 saturated heterocycles. The Morgan fingerprint density at radius 3 is 2.43 bits per heavy atom. The summed E-state index contributed by atoms with van der Waals surface area (Å²) in [5.74, 6) is -0.637. The van der Waals surface area contributed by atoms with Gasteiger partial charge in [0.1, 0.15) is 5.82 Å². The highest BCUT2D eigenvalue weighted by atomic mass is 35.5. The van der Waals surface area contributed by atoms with Gasteiger partial charge in [0.25, 0.3) is 0 Å². The minimum absolute atomic E-state index is 0.153. The Kier molecular flexibility index (Phi) is 4.93. The number of nitrogens with one attached hydrogen (secondary N) is 1. The van der Waals surface area contributed by atoms with Crippen LogP contribution >= 0.6 is 34.8 Å². The Balaban J connectivity index is 2.41. The highest BCUT2D eigenvalue weighted by Gasteiger charge is 2.11. The molecule has 21 heavy (non-hydrogen) atoms. The quantitative estimate of drug-likeness (QED) is 0.761. The first-order chi connectivity index (χ1) is 9.90. The highest BCUT2D eigenvalue weighted by Crippen LogP contribution is 2.33. The molecule has 0 aliphatic carbocycles. The predicted molar refractivity (Wildman–Crippen MR) is 85.3 cm³/mol. The molecule has 2 rings (SSSR count). The predicted octanol–water partition coefficient (Wildman–Crippen LogP) is 5.05. The van der Waals surface area contributed by atoms with Crippen molar-refractivity contribution < 1.29 is 9.90 Å². The van der Waals surface area contributed by atoms with Crippen molar-refractivity contribution in [1.82, 2.24) is 4.98 Å². The second kappa shape index (κ2) is 6.52. The van der Waals surface area contributed by atoms with E-state index in [-0.39, 0.29) is 5.56 Å². The zero-order valence-electron chi connectivity index (χ0n) is 11.0. The summed E-state index contributed by atoms with van der Waals surface area (Å²) in [5.41, 5.74) is 1.32. The first-order valence-corrected chi connectivity index (χ1v) is 7.20. The molecule has 0 aliphatic heterocycles. The lowest BCUT2D eigenvalue weighted by Crippen LogP contribution is -2.03. The molecule has 110 valence electrons. The van der Waals surface area contributed by atoms with Gasteiger partial charge in [-0.3, -0.25) is 0 Å². The number of nitrogens with zero attached hydrogens (tertiary/aromatic N) is 1. The van der Waals surface area contributed by atoms with Crippen LogP contribution < -0.4 is 5.32 Å². The van der Waals surface area contributed by atoms with Crippen LogP contribution in [0.15, 0.2) is 24.3 Å². The molecule has 0 fully saturated rings. The summed E-state index contributed by atoms with van der Waals surface area (Å²) in [6.45, 7) is 1.89. The average molecular weight is 346 g/mol. The van der Waals surface area contributed by atoms with Crippen LogP contribution in [0.2, 0.25) is 15.1 Å². The van der Waals surface area contributed by atoms with E-state index in [1.807, 2.05) is 6.92 Å². The highest BCUT2D eigenvalue weighted by molar-refractivity contribution is 6.44. The third-order valence-corrected chi connectivity index (χ3v) is 3.80. The van der Waals surface area contributed by atoms with Gasteiger partial charge < -0.3 is 10.4 Å². The third-order valence-electron chi connectivity index (χ3n) is 2.76. The van der Waals surface area contributed by atoms with Crippen molar-refractivity contribution in [1.29, 1.82) is 0 Å². The number of hydrogen-bond acceptors (Lipinski definition) is 3. The van der Waals surface area contributed by atoms with Gasteiger partial charge in [-0.15, -0.1) is 0 Å². The molecule has 0 aliphatic rings. The maximum absolute atomic E-state index is 11.1. The summed E-state index contributed by atoms with van der Waals surface area (Å²) in [4.78, 5) is 15.4. The number of pyridine rings is 1. The largest absolute Gasteiger partial charge is 0.478 e. The Morgan fingerprint density at radius 2 is 1.81 bits per heavy atom. The average Bonchev–Trinajstić information content (AvgIpc) is 2.44. The number of carbonyl (C=O) groups is 1. The number of rotatable bonds is 4. The Labute approximate surface area is 136 Å². The zero-order valence-corrected chi connectivity index (χ0v) is 13.2. The summed E-state index contributed by atoms with van der Waals surface area (Å²) in [5, 5.41) is 13.1. The number of aryl methyl sites for hydroxylation is 1. The lowest BCUT2D eigenvalue weighted by molar-refractivity contribution is 0.0696. The molecule has 7 heteroatoms. The van der Waals surface area contributed by atoms with Gasteiger partial charge in [-0.2, -0.15) is 0 Å². The van der Waals surface area contributed by atoms with E-state index in [9.17, 15) is 4.79 Å². The Hall–Kier alpha value is -1.49. The molecule has 2 aromatic rings. The van der Waals surface area contributed by atoms with E-state index >= 15 is 0 Å². The van der Waals surface area contributed by atoms with E-state index in [4.69, 9.17) is 39.9 Å². The molecular weight excluding hydrogens is 335 g/mol. The van der Waals surface area contributed by atoms with Gasteiger partial charge in [0.05, 0.1) is 26.3 Å². The molecule has 4 nitrogen and oxygen atoms in total.